The van der Waals surface area contributed by atoms with Gasteiger partial charge in [0, 0.05) is 25.0 Å². The van der Waals surface area contributed by atoms with Gasteiger partial charge in [-0.05, 0) is 25.7 Å². The molecule has 0 radical (unpaired) electrons. The summed E-state index contributed by atoms with van der Waals surface area (Å²) in [6, 6.07) is 0.178. The summed E-state index contributed by atoms with van der Waals surface area (Å²) in [5, 5.41) is 0.318. The molecule has 0 aromatic carbocycles. The van der Waals surface area contributed by atoms with Crippen LogP contribution in [0.3, 0.4) is 0 Å². The molecule has 5 nitrogen and oxygen atoms in total. The molecule has 0 saturated carbocycles. The molecule has 1 saturated heterocycles. The van der Waals surface area contributed by atoms with Gasteiger partial charge < -0.3 is 10.6 Å². The molecule has 1 aromatic heterocycles. The fraction of sp³-hybridized carbons (Fsp3) is 0.667. The van der Waals surface area contributed by atoms with Crippen LogP contribution in [0.15, 0.2) is 6.20 Å². The fourth-order valence-electron chi connectivity index (χ4n) is 2.59. The molecule has 2 N–H and O–H groups in total. The second kappa shape index (κ2) is 6.71. The first-order valence-corrected chi connectivity index (χ1v) is 7.85. The second-order valence-electron chi connectivity index (χ2n) is 6.07. The lowest BCUT2D eigenvalue weighted by Gasteiger charge is -2.33. The summed E-state index contributed by atoms with van der Waals surface area (Å²) < 4.78 is 0. The topological polar surface area (TPSA) is 72.1 Å². The number of hydrogen-bond acceptors (Lipinski definition) is 4. The number of likely N-dealkylation sites (tertiary alicyclic amines) is 1. The quantitative estimate of drug-likeness (QED) is 0.930. The van der Waals surface area contributed by atoms with Crippen LogP contribution in [0.25, 0.3) is 0 Å². The number of halogens is 1. The van der Waals surface area contributed by atoms with Crippen LogP contribution < -0.4 is 5.73 Å². The van der Waals surface area contributed by atoms with Crippen LogP contribution in [0.4, 0.5) is 0 Å². The zero-order valence-electron chi connectivity index (χ0n) is 12.8. The van der Waals surface area contributed by atoms with Gasteiger partial charge in [-0.25, -0.2) is 9.97 Å². The van der Waals surface area contributed by atoms with Crippen molar-refractivity contribution in [2.45, 2.75) is 45.6 Å². The van der Waals surface area contributed by atoms with E-state index in [1.54, 1.807) is 0 Å². The number of hydrogen-bond donors (Lipinski definition) is 1. The Morgan fingerprint density at radius 2 is 2.00 bits per heavy atom. The molecule has 1 aliphatic rings. The summed E-state index contributed by atoms with van der Waals surface area (Å²) in [7, 11) is 0. The van der Waals surface area contributed by atoms with Crippen molar-refractivity contribution in [3.8, 4) is 0 Å². The molecule has 1 aromatic rings. The minimum absolute atomic E-state index is 0.104. The third-order valence-electron chi connectivity index (χ3n) is 4.05. The van der Waals surface area contributed by atoms with Gasteiger partial charge in [-0.2, -0.15) is 0 Å². The summed E-state index contributed by atoms with van der Waals surface area (Å²) in [5.74, 6) is 1.19. The van der Waals surface area contributed by atoms with E-state index in [9.17, 15) is 4.79 Å². The van der Waals surface area contributed by atoms with E-state index in [2.05, 4.69) is 9.97 Å². The van der Waals surface area contributed by atoms with Crippen molar-refractivity contribution in [1.82, 2.24) is 14.9 Å². The van der Waals surface area contributed by atoms with E-state index >= 15 is 0 Å². The standard InChI is InChI=1S/C15H23ClN4O/c1-9(2)14-18-8-12(16)13(19-14)15(21)20-6-4-11(5-7-20)10(3)17/h8-11H,4-7,17H2,1-3H3. The van der Waals surface area contributed by atoms with Crippen molar-refractivity contribution in [1.29, 1.82) is 0 Å². The Morgan fingerprint density at radius 3 is 2.52 bits per heavy atom. The number of carbonyl (C=O) groups is 1. The maximum absolute atomic E-state index is 12.6. The molecule has 2 rings (SSSR count). The van der Waals surface area contributed by atoms with Crippen LogP contribution in [0.1, 0.15) is 55.8 Å². The Morgan fingerprint density at radius 1 is 1.38 bits per heavy atom. The average Bonchev–Trinajstić information content (AvgIpc) is 2.47. The van der Waals surface area contributed by atoms with Crippen LogP contribution in [0.5, 0.6) is 0 Å². The Hall–Kier alpha value is -1.20. The van der Waals surface area contributed by atoms with Gasteiger partial charge in [-0.15, -0.1) is 0 Å². The van der Waals surface area contributed by atoms with Gasteiger partial charge in [0.1, 0.15) is 5.82 Å². The highest BCUT2D eigenvalue weighted by Crippen LogP contribution is 2.23. The van der Waals surface area contributed by atoms with Gasteiger partial charge in [0.25, 0.3) is 5.91 Å². The van der Waals surface area contributed by atoms with Crippen molar-refractivity contribution in [2.75, 3.05) is 13.1 Å². The Kier molecular flexibility index (Phi) is 5.17. The molecule has 1 aliphatic heterocycles. The normalized spacial score (nSPS) is 18.1. The zero-order valence-corrected chi connectivity index (χ0v) is 13.6. The first-order valence-electron chi connectivity index (χ1n) is 7.47. The van der Waals surface area contributed by atoms with Gasteiger partial charge >= 0.3 is 0 Å². The molecule has 21 heavy (non-hydrogen) atoms. The average molecular weight is 311 g/mol. The van der Waals surface area contributed by atoms with Crippen LogP contribution in [0.2, 0.25) is 5.02 Å². The fourth-order valence-corrected chi connectivity index (χ4v) is 2.76. The molecule has 1 fully saturated rings. The van der Waals surface area contributed by atoms with Crippen LogP contribution in [0, 0.1) is 5.92 Å². The van der Waals surface area contributed by atoms with Crippen molar-refractivity contribution in [3.05, 3.63) is 22.7 Å². The molecule has 1 unspecified atom stereocenters. The number of rotatable bonds is 3. The van der Waals surface area contributed by atoms with Crippen molar-refractivity contribution >= 4 is 17.5 Å². The number of nitrogens with zero attached hydrogens (tertiary/aromatic N) is 3. The predicted octanol–water partition coefficient (Wildman–Crippen LogP) is 2.45. The molecular formula is C15H23ClN4O. The number of aromatic nitrogens is 2. The third kappa shape index (κ3) is 3.71. The van der Waals surface area contributed by atoms with Gasteiger partial charge in [0.2, 0.25) is 0 Å². The Balaban J connectivity index is 2.12. The predicted molar refractivity (Wildman–Crippen MR) is 83.4 cm³/mol. The van der Waals surface area contributed by atoms with E-state index in [0.717, 1.165) is 12.8 Å². The van der Waals surface area contributed by atoms with Crippen molar-refractivity contribution < 1.29 is 4.79 Å². The summed E-state index contributed by atoms with van der Waals surface area (Å²) >= 11 is 6.10. The lowest BCUT2D eigenvalue weighted by atomic mass is 9.91. The van der Waals surface area contributed by atoms with E-state index in [-0.39, 0.29) is 17.9 Å². The molecule has 6 heteroatoms. The first kappa shape index (κ1) is 16.2. The lowest BCUT2D eigenvalue weighted by Crippen LogP contribution is -2.43. The van der Waals surface area contributed by atoms with Crippen LogP contribution in [-0.4, -0.2) is 39.9 Å². The molecule has 0 spiro atoms. The highest BCUT2D eigenvalue weighted by molar-refractivity contribution is 6.33. The molecule has 1 atom stereocenters. The maximum Gasteiger partial charge on any atom is 0.274 e. The molecule has 0 bridgehead atoms. The second-order valence-corrected chi connectivity index (χ2v) is 6.48. The minimum atomic E-state index is -0.104. The van der Waals surface area contributed by atoms with Crippen molar-refractivity contribution in [2.24, 2.45) is 11.7 Å². The van der Waals surface area contributed by atoms with Crippen LogP contribution >= 0.6 is 11.6 Å². The largest absolute Gasteiger partial charge is 0.337 e. The SMILES string of the molecule is CC(C)c1ncc(Cl)c(C(=O)N2CCC(C(C)N)CC2)n1. The van der Waals surface area contributed by atoms with Gasteiger partial charge in [0.15, 0.2) is 5.69 Å². The highest BCUT2D eigenvalue weighted by Gasteiger charge is 2.27. The molecular weight excluding hydrogens is 288 g/mol. The lowest BCUT2D eigenvalue weighted by molar-refractivity contribution is 0.0674. The van der Waals surface area contributed by atoms with Crippen molar-refractivity contribution in [3.63, 3.8) is 0 Å². The van der Waals surface area contributed by atoms with E-state index in [1.807, 2.05) is 25.7 Å². The third-order valence-corrected chi connectivity index (χ3v) is 4.33. The van der Waals surface area contributed by atoms with E-state index in [0.29, 0.717) is 35.5 Å². The zero-order chi connectivity index (χ0) is 15.6. The summed E-state index contributed by atoms with van der Waals surface area (Å²) in [5.41, 5.74) is 6.25. The summed E-state index contributed by atoms with van der Waals surface area (Å²) in [4.78, 5) is 22.9. The first-order chi connectivity index (χ1) is 9.90. The Bertz CT molecular complexity index is 510. The monoisotopic (exact) mass is 310 g/mol. The molecule has 0 aliphatic carbocycles. The molecule has 2 heterocycles. The Labute approximate surface area is 130 Å². The minimum Gasteiger partial charge on any atom is -0.337 e. The van der Waals surface area contributed by atoms with Gasteiger partial charge in [0.05, 0.1) is 11.2 Å². The number of piperidine rings is 1. The van der Waals surface area contributed by atoms with E-state index in [1.165, 1.54) is 6.20 Å². The van der Waals surface area contributed by atoms with Gasteiger partial charge in [-0.1, -0.05) is 25.4 Å². The summed E-state index contributed by atoms with van der Waals surface area (Å²) in [6.45, 7) is 7.43. The molecule has 1 amide bonds. The van der Waals surface area contributed by atoms with Gasteiger partial charge in [-0.3, -0.25) is 4.79 Å². The smallest absolute Gasteiger partial charge is 0.274 e. The highest BCUT2D eigenvalue weighted by atomic mass is 35.5. The number of nitrogens with two attached hydrogens (primary N) is 1. The van der Waals surface area contributed by atoms with Crippen LogP contribution in [-0.2, 0) is 0 Å². The molecule has 116 valence electrons. The number of amides is 1. The number of carbonyl (C=O) groups excluding carboxylic acids is 1. The maximum atomic E-state index is 12.6. The summed E-state index contributed by atoms with van der Waals surface area (Å²) in [6.07, 6.45) is 3.39. The van der Waals surface area contributed by atoms with E-state index in [4.69, 9.17) is 17.3 Å². The van der Waals surface area contributed by atoms with E-state index < -0.39 is 0 Å².